The van der Waals surface area contributed by atoms with Crippen molar-refractivity contribution in [3.63, 3.8) is 0 Å². The highest BCUT2D eigenvalue weighted by molar-refractivity contribution is 7.90. The molecule has 0 aliphatic heterocycles. The Morgan fingerprint density at radius 2 is 1.76 bits per heavy atom. The lowest BCUT2D eigenvalue weighted by Crippen LogP contribution is -2.07. The summed E-state index contributed by atoms with van der Waals surface area (Å²) >= 11 is 5.89. The molecule has 0 saturated carbocycles. The van der Waals surface area contributed by atoms with E-state index in [1.807, 2.05) is 30.3 Å². The largest absolute Gasteiger partial charge is 0.457 e. The summed E-state index contributed by atoms with van der Waals surface area (Å²) in [6.45, 7) is 0.0237. The molecule has 0 aliphatic carbocycles. The number of halogens is 1. The Morgan fingerprint density at radius 1 is 1.07 bits per heavy atom. The molecule has 3 aromatic carbocycles. The van der Waals surface area contributed by atoms with E-state index < -0.39 is 15.8 Å². The molecule has 5 nitrogen and oxygen atoms in total. The van der Waals surface area contributed by atoms with E-state index in [9.17, 15) is 18.5 Å². The van der Waals surface area contributed by atoms with Gasteiger partial charge in [0.15, 0.2) is 9.84 Å². The summed E-state index contributed by atoms with van der Waals surface area (Å²) in [4.78, 5) is 12.2. The van der Waals surface area contributed by atoms with Crippen LogP contribution in [0, 0.1) is 11.3 Å². The standard InChI is InChI=1S/C22H16ClNO4S/c1-29(26,27)21-12-17(10-11-20(21)23)22(25)28-14-15-6-8-16(9-7-15)19-5-3-2-4-18(19)13-24/h2-12H,14H2,1H3. The van der Waals surface area contributed by atoms with Crippen LogP contribution in [0.15, 0.2) is 71.6 Å². The van der Waals surface area contributed by atoms with Crippen LogP contribution in [0.25, 0.3) is 11.1 Å². The summed E-state index contributed by atoms with van der Waals surface area (Å²) in [6.07, 6.45) is 1.02. The molecule has 0 radical (unpaired) electrons. The minimum atomic E-state index is -3.56. The molecule has 0 heterocycles. The first-order valence-electron chi connectivity index (χ1n) is 8.55. The van der Waals surface area contributed by atoms with Gasteiger partial charge < -0.3 is 4.74 Å². The van der Waals surface area contributed by atoms with E-state index in [4.69, 9.17) is 16.3 Å². The van der Waals surface area contributed by atoms with Crippen molar-refractivity contribution in [3.8, 4) is 17.2 Å². The van der Waals surface area contributed by atoms with E-state index in [-0.39, 0.29) is 22.1 Å². The number of hydrogen-bond acceptors (Lipinski definition) is 5. The van der Waals surface area contributed by atoms with Crippen molar-refractivity contribution in [2.45, 2.75) is 11.5 Å². The molecule has 0 N–H and O–H groups in total. The fraction of sp³-hybridized carbons (Fsp3) is 0.0909. The number of rotatable bonds is 5. The van der Waals surface area contributed by atoms with Crippen molar-refractivity contribution < 1.29 is 17.9 Å². The van der Waals surface area contributed by atoms with Gasteiger partial charge in [-0.25, -0.2) is 13.2 Å². The molecule has 29 heavy (non-hydrogen) atoms. The number of carbonyl (C=O) groups is 1. The van der Waals surface area contributed by atoms with Crippen LogP contribution in [0.3, 0.4) is 0 Å². The van der Waals surface area contributed by atoms with Crippen LogP contribution < -0.4 is 0 Å². The van der Waals surface area contributed by atoms with Crippen LogP contribution in [0.2, 0.25) is 5.02 Å². The second-order valence-corrected chi connectivity index (χ2v) is 8.74. The maximum Gasteiger partial charge on any atom is 0.338 e. The number of benzene rings is 3. The summed E-state index contributed by atoms with van der Waals surface area (Å²) in [5.41, 5.74) is 3.15. The van der Waals surface area contributed by atoms with Crippen molar-refractivity contribution in [2.75, 3.05) is 6.26 Å². The topological polar surface area (TPSA) is 84.2 Å². The van der Waals surface area contributed by atoms with Gasteiger partial charge in [0.1, 0.15) is 6.61 Å². The Balaban J connectivity index is 1.72. The normalized spacial score (nSPS) is 10.9. The summed E-state index contributed by atoms with van der Waals surface area (Å²) < 4.78 is 28.8. The number of carbonyl (C=O) groups excluding carboxylic acids is 1. The molecule has 0 atom stereocenters. The van der Waals surface area contributed by atoms with Crippen molar-refractivity contribution in [1.29, 1.82) is 5.26 Å². The first kappa shape index (κ1) is 20.6. The molecule has 0 amide bonds. The number of nitrogens with zero attached hydrogens (tertiary/aromatic N) is 1. The molecule has 0 bridgehead atoms. The SMILES string of the molecule is CS(=O)(=O)c1cc(C(=O)OCc2ccc(-c3ccccc3C#N)cc2)ccc1Cl. The van der Waals surface area contributed by atoms with Gasteiger partial charge >= 0.3 is 5.97 Å². The van der Waals surface area contributed by atoms with Crippen molar-refractivity contribution in [3.05, 3.63) is 88.4 Å². The number of sulfone groups is 1. The van der Waals surface area contributed by atoms with Gasteiger partial charge in [-0.2, -0.15) is 5.26 Å². The minimum absolute atomic E-state index is 0.0237. The van der Waals surface area contributed by atoms with Crippen LogP contribution in [-0.4, -0.2) is 20.6 Å². The Kier molecular flexibility index (Phi) is 6.02. The summed E-state index contributed by atoms with van der Waals surface area (Å²) in [5, 5.41) is 9.27. The van der Waals surface area contributed by atoms with E-state index in [0.29, 0.717) is 5.56 Å². The highest BCUT2D eigenvalue weighted by atomic mass is 35.5. The first-order chi connectivity index (χ1) is 13.8. The maximum atomic E-state index is 12.3. The fourth-order valence-corrected chi connectivity index (χ4v) is 4.06. The van der Waals surface area contributed by atoms with E-state index in [2.05, 4.69) is 6.07 Å². The predicted molar refractivity (Wildman–Crippen MR) is 110 cm³/mol. The Morgan fingerprint density at radius 3 is 2.41 bits per heavy atom. The van der Waals surface area contributed by atoms with E-state index >= 15 is 0 Å². The third kappa shape index (κ3) is 4.83. The molecule has 0 unspecified atom stereocenters. The molecular formula is C22H16ClNO4S. The van der Waals surface area contributed by atoms with E-state index in [0.717, 1.165) is 22.9 Å². The van der Waals surface area contributed by atoms with Crippen LogP contribution >= 0.6 is 11.6 Å². The average Bonchev–Trinajstić information content (AvgIpc) is 2.72. The molecule has 0 spiro atoms. The number of esters is 1. The van der Waals surface area contributed by atoms with E-state index in [1.165, 1.54) is 18.2 Å². The van der Waals surface area contributed by atoms with Gasteiger partial charge in [0, 0.05) is 6.26 Å². The molecular weight excluding hydrogens is 410 g/mol. The molecule has 0 aliphatic rings. The second kappa shape index (κ2) is 8.48. The zero-order valence-corrected chi connectivity index (χ0v) is 17.0. The van der Waals surface area contributed by atoms with Gasteiger partial charge in [0.25, 0.3) is 0 Å². The molecule has 7 heteroatoms. The first-order valence-corrected chi connectivity index (χ1v) is 10.8. The molecule has 0 aromatic heterocycles. The minimum Gasteiger partial charge on any atom is -0.457 e. The smallest absolute Gasteiger partial charge is 0.338 e. The quantitative estimate of drug-likeness (QED) is 0.556. The van der Waals surface area contributed by atoms with E-state index in [1.54, 1.807) is 18.2 Å². The molecule has 0 fully saturated rings. The van der Waals surface area contributed by atoms with Crippen LogP contribution in [0.4, 0.5) is 0 Å². The molecule has 0 saturated heterocycles. The Bertz CT molecular complexity index is 1210. The van der Waals surface area contributed by atoms with Gasteiger partial charge in [-0.05, 0) is 41.0 Å². The lowest BCUT2D eigenvalue weighted by molar-refractivity contribution is 0.0472. The lowest BCUT2D eigenvalue weighted by atomic mass is 9.99. The number of ether oxygens (including phenoxy) is 1. The number of hydrogen-bond donors (Lipinski definition) is 0. The van der Waals surface area contributed by atoms with Crippen LogP contribution in [0.1, 0.15) is 21.5 Å². The molecule has 3 aromatic rings. The van der Waals surface area contributed by atoms with Gasteiger partial charge in [-0.1, -0.05) is 54.1 Å². The summed E-state index contributed by atoms with van der Waals surface area (Å²) in [7, 11) is -3.56. The van der Waals surface area contributed by atoms with Gasteiger partial charge in [-0.3, -0.25) is 0 Å². The van der Waals surface area contributed by atoms with Gasteiger partial charge in [0.2, 0.25) is 0 Å². The van der Waals surface area contributed by atoms with Crippen LogP contribution in [0.5, 0.6) is 0 Å². The summed E-state index contributed by atoms with van der Waals surface area (Å²) in [6, 6.07) is 20.8. The third-order valence-electron chi connectivity index (χ3n) is 4.25. The monoisotopic (exact) mass is 425 g/mol. The van der Waals surface area contributed by atoms with Gasteiger partial charge in [-0.15, -0.1) is 0 Å². The highest BCUT2D eigenvalue weighted by Crippen LogP contribution is 2.25. The third-order valence-corrected chi connectivity index (χ3v) is 5.83. The van der Waals surface area contributed by atoms with Gasteiger partial charge in [0.05, 0.1) is 27.1 Å². The predicted octanol–water partition coefficient (Wildman–Crippen LogP) is 4.64. The Hall–Kier alpha value is -3.14. The fourth-order valence-electron chi connectivity index (χ4n) is 2.76. The van der Waals surface area contributed by atoms with Crippen molar-refractivity contribution in [2.24, 2.45) is 0 Å². The van der Waals surface area contributed by atoms with Crippen LogP contribution in [-0.2, 0) is 21.2 Å². The number of nitriles is 1. The second-order valence-electron chi connectivity index (χ2n) is 6.35. The lowest BCUT2D eigenvalue weighted by Gasteiger charge is -2.09. The zero-order valence-electron chi connectivity index (χ0n) is 15.4. The van der Waals surface area contributed by atoms with Crippen molar-refractivity contribution in [1.82, 2.24) is 0 Å². The zero-order chi connectivity index (χ0) is 21.0. The highest BCUT2D eigenvalue weighted by Gasteiger charge is 2.16. The Labute approximate surface area is 174 Å². The average molecular weight is 426 g/mol. The van der Waals surface area contributed by atoms with Crippen molar-refractivity contribution >= 4 is 27.4 Å². The molecule has 3 rings (SSSR count). The molecule has 146 valence electrons. The maximum absolute atomic E-state index is 12.3. The summed E-state index contributed by atoms with van der Waals surface area (Å²) in [5.74, 6) is -0.648.